The Morgan fingerprint density at radius 3 is 0.658 bits per heavy atom. The van der Waals surface area contributed by atoms with Crippen molar-refractivity contribution in [1.82, 2.24) is 0 Å². The minimum Gasteiger partial charge on any atom is -0.0991 e. The second-order valence-electron chi connectivity index (χ2n) is 35.7. The lowest BCUT2D eigenvalue weighted by Crippen LogP contribution is -2.27. The van der Waals surface area contributed by atoms with Gasteiger partial charge in [-0.25, -0.2) is 0 Å². The van der Waals surface area contributed by atoms with E-state index >= 15 is 0 Å². The number of unbranched alkanes of at least 4 members (excludes halogenated alkanes) is 15. The molecule has 0 heteroatoms. The Balaban J connectivity index is 0.000000157. The fourth-order valence-electron chi connectivity index (χ4n) is 20.2. The largest absolute Gasteiger partial charge is 0.0991 e. The average molecular weight is 1580 g/mol. The van der Waals surface area contributed by atoms with Crippen molar-refractivity contribution in [2.45, 2.75) is 258 Å². The van der Waals surface area contributed by atoms with Gasteiger partial charge in [-0.15, -0.1) is 0 Å². The van der Waals surface area contributed by atoms with E-state index in [1.807, 2.05) is 30.4 Å². The van der Waals surface area contributed by atoms with Gasteiger partial charge in [0, 0.05) is 21.7 Å². The first kappa shape index (κ1) is 90.4. The van der Waals surface area contributed by atoms with Crippen LogP contribution in [0.1, 0.15) is 279 Å². The van der Waals surface area contributed by atoms with Gasteiger partial charge >= 0.3 is 0 Å². The predicted octanol–water partition coefficient (Wildman–Crippen LogP) is 34.5. The fourth-order valence-corrected chi connectivity index (χ4v) is 20.2. The molecule has 0 atom stereocenters. The molecule has 0 nitrogen and oxygen atoms in total. The molecule has 4 aliphatic rings. The van der Waals surface area contributed by atoms with Crippen LogP contribution in [0.4, 0.5) is 0 Å². The maximum atomic E-state index is 3.77. The van der Waals surface area contributed by atoms with Crippen LogP contribution >= 0.6 is 0 Å². The van der Waals surface area contributed by atoms with Crippen LogP contribution in [0.15, 0.2) is 318 Å². The van der Waals surface area contributed by atoms with Crippen LogP contribution in [0.25, 0.3) is 44.5 Å². The van der Waals surface area contributed by atoms with Crippen molar-refractivity contribution in [3.8, 4) is 44.5 Å². The Morgan fingerprint density at radius 1 is 0.208 bits per heavy atom. The Bertz CT molecular complexity index is 4870. The summed E-state index contributed by atoms with van der Waals surface area (Å²) >= 11 is 0. The molecule has 0 saturated heterocycles. The fraction of sp³-hybridized carbons (Fsp3) is 0.333. The van der Waals surface area contributed by atoms with Gasteiger partial charge in [-0.2, -0.15) is 0 Å². The van der Waals surface area contributed by atoms with Crippen molar-refractivity contribution in [1.29, 1.82) is 0 Å². The lowest BCUT2D eigenvalue weighted by atomic mass is 9.68. The summed E-state index contributed by atoms with van der Waals surface area (Å²) < 4.78 is 0. The van der Waals surface area contributed by atoms with Crippen LogP contribution in [0.5, 0.6) is 0 Å². The van der Waals surface area contributed by atoms with Crippen LogP contribution in [-0.4, -0.2) is 0 Å². The van der Waals surface area contributed by atoms with E-state index in [1.54, 1.807) is 11.1 Å². The number of benzene rings is 10. The third-order valence-corrected chi connectivity index (χ3v) is 26.4. The standard InChI is InChI=1S/C33H42.2C31H34.C25H30/c1-5-7-9-11-13-15-17-23-33(24-18-16-14-12-10-8-6-2)31-25-27(3)19-21-29(31)30-22-20-28(4)26-32(30)33;2*1-5-6-7-8-9-10-11-20-31(26-16-12-23(2)13-17-26)29-21-24(3)14-18-27(29)28-19-15-25(4)22-30(28)31;1-5-6-7-8-9-10-11-16-25(4)23-17-19(2)12-14-21(23)22-15-13-20(3)18-24(22)25/h5-10,19-22,25-26H,1-2,11-18,23-24H2,3-4H3;2*5-7,12-19,21-22H,1,8-11,20H2,2-4H3;5-7,12-15,17-18H,1,8-11,16H2,2-4H3/b9-7-,10-8-;3*7-6-. The first-order chi connectivity index (χ1) is 58.3. The molecule has 0 spiro atoms. The molecule has 120 heavy (non-hydrogen) atoms. The smallest absolute Gasteiger partial charge is 0.0463 e. The zero-order chi connectivity index (χ0) is 85.1. The van der Waals surface area contributed by atoms with Crippen LogP contribution in [-0.2, 0) is 21.7 Å². The Morgan fingerprint density at radius 2 is 0.408 bits per heavy atom. The van der Waals surface area contributed by atoms with Crippen LogP contribution < -0.4 is 0 Å². The Kier molecular flexibility index (Phi) is 32.9. The molecule has 0 aliphatic heterocycles. The lowest BCUT2D eigenvalue weighted by Gasteiger charge is -2.34. The first-order valence-corrected chi connectivity index (χ1v) is 45.7. The molecule has 0 heterocycles. The van der Waals surface area contributed by atoms with E-state index in [9.17, 15) is 0 Å². The van der Waals surface area contributed by atoms with E-state index < -0.39 is 0 Å². The molecule has 0 N–H and O–H groups in total. The molecule has 0 bridgehead atoms. The summed E-state index contributed by atoms with van der Waals surface area (Å²) in [5, 5.41) is 0. The molecule has 0 fully saturated rings. The van der Waals surface area contributed by atoms with Crippen molar-refractivity contribution in [2.24, 2.45) is 0 Å². The predicted molar refractivity (Wildman–Crippen MR) is 527 cm³/mol. The van der Waals surface area contributed by atoms with Gasteiger partial charge in [0.2, 0.25) is 0 Å². The topological polar surface area (TPSA) is 0 Å². The molecule has 0 amide bonds. The Labute approximate surface area is 727 Å². The minimum atomic E-state index is -0.0621. The van der Waals surface area contributed by atoms with Gasteiger partial charge in [-0.1, -0.05) is 445 Å². The molecule has 0 unspecified atom stereocenters. The summed E-state index contributed by atoms with van der Waals surface area (Å²) in [6.45, 7) is 43.4. The monoisotopic (exact) mass is 1580 g/mol. The van der Waals surface area contributed by atoms with Crippen LogP contribution in [0.2, 0.25) is 0 Å². The van der Waals surface area contributed by atoms with E-state index in [2.05, 4.69) is 364 Å². The Hall–Kier alpha value is -10.4. The number of aryl methyl sites for hydroxylation is 10. The molecule has 0 radical (unpaired) electrons. The number of allylic oxidation sites excluding steroid dienone is 15. The van der Waals surface area contributed by atoms with Gasteiger partial charge < -0.3 is 0 Å². The van der Waals surface area contributed by atoms with Gasteiger partial charge in [0.05, 0.1) is 0 Å². The third-order valence-electron chi connectivity index (χ3n) is 26.4. The van der Waals surface area contributed by atoms with E-state index in [0.717, 1.165) is 44.9 Å². The van der Waals surface area contributed by atoms with Gasteiger partial charge in [-0.3, -0.25) is 0 Å². The summed E-state index contributed by atoms with van der Waals surface area (Å²) in [6.07, 6.45) is 61.5. The van der Waals surface area contributed by atoms with Crippen molar-refractivity contribution in [3.05, 3.63) is 429 Å². The van der Waals surface area contributed by atoms with Gasteiger partial charge in [-0.05, 0) is 266 Å². The van der Waals surface area contributed by atoms with Gasteiger partial charge in [0.25, 0.3) is 0 Å². The summed E-state index contributed by atoms with van der Waals surface area (Å²) in [6, 6.07) is 75.1. The maximum Gasteiger partial charge on any atom is 0.0463 e. The summed E-state index contributed by atoms with van der Waals surface area (Å²) in [4.78, 5) is 0. The van der Waals surface area contributed by atoms with Crippen molar-refractivity contribution in [2.75, 3.05) is 0 Å². The lowest BCUT2D eigenvalue weighted by molar-refractivity contribution is 0.402. The van der Waals surface area contributed by atoms with Crippen LogP contribution in [0.3, 0.4) is 0 Å². The zero-order valence-corrected chi connectivity index (χ0v) is 75.3. The van der Waals surface area contributed by atoms with Crippen molar-refractivity contribution < 1.29 is 0 Å². The molecule has 0 aromatic heterocycles. The second-order valence-corrected chi connectivity index (χ2v) is 35.7. The molecule has 620 valence electrons. The quantitative estimate of drug-likeness (QED) is 0.0269. The molecule has 0 saturated carbocycles. The highest BCUT2D eigenvalue weighted by atomic mass is 14.5. The number of hydrogen-bond acceptors (Lipinski definition) is 0. The van der Waals surface area contributed by atoms with Crippen LogP contribution in [0, 0.1) is 69.2 Å². The molecular formula is C120H140. The zero-order valence-electron chi connectivity index (χ0n) is 75.3. The summed E-state index contributed by atoms with van der Waals surface area (Å²) in [5.41, 5.74) is 40.2. The van der Waals surface area contributed by atoms with Crippen molar-refractivity contribution >= 4 is 0 Å². The van der Waals surface area contributed by atoms with E-state index in [0.29, 0.717) is 0 Å². The second kappa shape index (κ2) is 43.7. The molecule has 4 aliphatic carbocycles. The number of hydrogen-bond donors (Lipinski definition) is 0. The number of fused-ring (bicyclic) bond motifs is 12. The summed E-state index contributed by atoms with van der Waals surface area (Å²) in [7, 11) is 0. The highest BCUT2D eigenvalue weighted by Crippen LogP contribution is 2.59. The summed E-state index contributed by atoms with van der Waals surface area (Å²) in [5.74, 6) is 0. The molecular weight excluding hydrogens is 1440 g/mol. The SMILES string of the molecule is C=C/C=C\CCCCCC1(C)c2cc(C)ccc2-c2ccc(C)cc21.C=C/C=C\CCCCCC1(CCCCC/C=C\C=C)c2cc(C)ccc2-c2ccc(C)cc21.C=C/C=C\CCCCCC1(c2ccc(C)cc2)c2cc(C)ccc2-c2ccc(C)cc21.C=C/C=C\CCCCCC1(c2ccc(C)cc2)c2cc(C)ccc2-c2ccc(C)cc21. The maximum absolute atomic E-state index is 3.77. The highest BCUT2D eigenvalue weighted by Gasteiger charge is 2.47. The van der Waals surface area contributed by atoms with Gasteiger partial charge in [0.15, 0.2) is 0 Å². The molecule has 14 rings (SSSR count). The van der Waals surface area contributed by atoms with E-state index in [4.69, 9.17) is 0 Å². The first-order valence-electron chi connectivity index (χ1n) is 45.7. The van der Waals surface area contributed by atoms with E-state index in [1.165, 1.54) is 260 Å². The molecule has 10 aromatic rings. The normalized spacial score (nSPS) is 14.1. The van der Waals surface area contributed by atoms with Gasteiger partial charge in [0.1, 0.15) is 0 Å². The molecule has 10 aromatic carbocycles. The average Bonchev–Trinajstić information content (AvgIpc) is 1.56. The van der Waals surface area contributed by atoms with E-state index in [-0.39, 0.29) is 21.7 Å². The third kappa shape index (κ3) is 21.3. The van der Waals surface area contributed by atoms with Crippen molar-refractivity contribution in [3.63, 3.8) is 0 Å². The highest BCUT2D eigenvalue weighted by molar-refractivity contribution is 5.87. The number of rotatable bonds is 37. The minimum absolute atomic E-state index is 0.0621.